The van der Waals surface area contributed by atoms with Crippen molar-refractivity contribution in [1.82, 2.24) is 0 Å². The molecule has 3 rings (SSSR count). The van der Waals surface area contributed by atoms with Crippen LogP contribution in [-0.2, 0) is 19.1 Å². The minimum atomic E-state index is -0.936. The Morgan fingerprint density at radius 2 is 1.63 bits per heavy atom. The van der Waals surface area contributed by atoms with Crippen molar-refractivity contribution in [3.8, 4) is 6.07 Å². The predicted octanol–water partition coefficient (Wildman–Crippen LogP) is 3.24. The molecule has 2 aromatic rings. The Morgan fingerprint density at radius 3 is 2.17 bits per heavy atom. The molecule has 0 unspecified atom stereocenters. The highest BCUT2D eigenvalue weighted by atomic mass is 35.5. The lowest BCUT2D eigenvalue weighted by atomic mass is 9.81. The van der Waals surface area contributed by atoms with E-state index in [4.69, 9.17) is 26.8 Å². The van der Waals surface area contributed by atoms with E-state index in [1.54, 1.807) is 54.6 Å². The average Bonchev–Trinajstić information content (AvgIpc) is 2.78. The van der Waals surface area contributed by atoms with Crippen LogP contribution in [0.3, 0.4) is 0 Å². The number of anilines is 1. The molecule has 0 saturated heterocycles. The summed E-state index contributed by atoms with van der Waals surface area (Å²) in [6.07, 6.45) is 0. The van der Waals surface area contributed by atoms with Gasteiger partial charge in [-0.05, 0) is 29.8 Å². The van der Waals surface area contributed by atoms with Crippen LogP contribution < -0.4 is 10.6 Å². The van der Waals surface area contributed by atoms with Crippen LogP contribution in [0.1, 0.15) is 11.5 Å². The second-order valence-electron chi connectivity index (χ2n) is 6.31. The Labute approximate surface area is 178 Å². The number of rotatable bonds is 4. The Hall–Kier alpha value is -3.76. The molecule has 0 aromatic heterocycles. The number of benzene rings is 2. The van der Waals surface area contributed by atoms with E-state index in [2.05, 4.69) is 6.07 Å². The van der Waals surface area contributed by atoms with Crippen LogP contribution in [0.4, 0.5) is 5.69 Å². The van der Waals surface area contributed by atoms with Gasteiger partial charge < -0.3 is 15.2 Å². The molecule has 0 fully saturated rings. The van der Waals surface area contributed by atoms with Gasteiger partial charge in [0.05, 0.1) is 37.4 Å². The molecule has 0 aliphatic carbocycles. The molecule has 2 N–H and O–H groups in total. The van der Waals surface area contributed by atoms with Crippen molar-refractivity contribution in [3.63, 3.8) is 0 Å². The van der Waals surface area contributed by atoms with Gasteiger partial charge in [-0.15, -0.1) is 0 Å². The zero-order valence-corrected chi connectivity index (χ0v) is 17.0. The van der Waals surface area contributed by atoms with Crippen LogP contribution in [0.15, 0.2) is 77.3 Å². The maximum Gasteiger partial charge on any atom is 0.355 e. The topological polar surface area (TPSA) is 106 Å². The second kappa shape index (κ2) is 8.72. The molecule has 1 aliphatic rings. The number of halogens is 1. The smallest absolute Gasteiger partial charge is 0.355 e. The first-order chi connectivity index (χ1) is 14.4. The fourth-order valence-electron chi connectivity index (χ4n) is 3.37. The number of allylic oxidation sites excluding steroid dienone is 1. The Morgan fingerprint density at radius 1 is 1.03 bits per heavy atom. The van der Waals surface area contributed by atoms with Gasteiger partial charge in [0.15, 0.2) is 0 Å². The van der Waals surface area contributed by atoms with E-state index in [1.807, 2.05) is 0 Å². The second-order valence-corrected chi connectivity index (χ2v) is 6.75. The highest BCUT2D eigenvalue weighted by Gasteiger charge is 2.42. The van der Waals surface area contributed by atoms with Crippen molar-refractivity contribution in [3.05, 3.63) is 87.8 Å². The van der Waals surface area contributed by atoms with E-state index >= 15 is 0 Å². The van der Waals surface area contributed by atoms with Gasteiger partial charge in [-0.3, -0.25) is 4.90 Å². The Balaban J connectivity index is 2.39. The Kier molecular flexibility index (Phi) is 6.09. The molecule has 7 nitrogen and oxygen atoms in total. The van der Waals surface area contributed by atoms with Gasteiger partial charge in [0.1, 0.15) is 11.5 Å². The van der Waals surface area contributed by atoms with Crippen LogP contribution >= 0.6 is 11.6 Å². The summed E-state index contributed by atoms with van der Waals surface area (Å²) in [6.45, 7) is 0. The minimum Gasteiger partial charge on any atom is -0.466 e. The minimum absolute atomic E-state index is 0.0108. The summed E-state index contributed by atoms with van der Waals surface area (Å²) in [5.41, 5.74) is 7.33. The molecule has 152 valence electrons. The number of carbonyl (C=O) groups is 2. The summed E-state index contributed by atoms with van der Waals surface area (Å²) in [7, 11) is 2.40. The third-order valence-corrected chi connectivity index (χ3v) is 4.95. The van der Waals surface area contributed by atoms with E-state index in [0.29, 0.717) is 16.3 Å². The van der Waals surface area contributed by atoms with E-state index in [-0.39, 0.29) is 22.7 Å². The van der Waals surface area contributed by atoms with E-state index in [9.17, 15) is 14.9 Å². The van der Waals surface area contributed by atoms with Gasteiger partial charge in [0.2, 0.25) is 0 Å². The lowest BCUT2D eigenvalue weighted by Crippen LogP contribution is -2.40. The molecule has 0 bridgehead atoms. The third-order valence-electron chi connectivity index (χ3n) is 4.70. The quantitative estimate of drug-likeness (QED) is 0.752. The first-order valence-electron chi connectivity index (χ1n) is 8.85. The van der Waals surface area contributed by atoms with Gasteiger partial charge in [-0.1, -0.05) is 41.9 Å². The van der Waals surface area contributed by atoms with Crippen LogP contribution in [0.5, 0.6) is 0 Å². The van der Waals surface area contributed by atoms with Crippen LogP contribution in [0.25, 0.3) is 0 Å². The summed E-state index contributed by atoms with van der Waals surface area (Å²) < 4.78 is 9.93. The number of esters is 2. The average molecular weight is 424 g/mol. The molecule has 0 spiro atoms. The first kappa shape index (κ1) is 21.0. The molecule has 0 radical (unpaired) electrons. The first-order valence-corrected chi connectivity index (χ1v) is 9.23. The number of hydrogen-bond acceptors (Lipinski definition) is 7. The molecule has 0 amide bonds. The summed E-state index contributed by atoms with van der Waals surface area (Å²) in [4.78, 5) is 27.1. The maximum absolute atomic E-state index is 12.9. The van der Waals surface area contributed by atoms with Gasteiger partial charge in [-0.25, -0.2) is 9.59 Å². The summed E-state index contributed by atoms with van der Waals surface area (Å²) in [5, 5.41) is 10.4. The summed E-state index contributed by atoms with van der Waals surface area (Å²) >= 11 is 5.99. The van der Waals surface area contributed by atoms with Gasteiger partial charge in [0.25, 0.3) is 0 Å². The SMILES string of the molecule is COC(=O)C1=C(C(=O)OC)N(c2ccccc2)C(N)=C(C#N)[C@@H]1c1ccc(Cl)cc1. The molecule has 2 aromatic carbocycles. The van der Waals surface area contributed by atoms with Gasteiger partial charge >= 0.3 is 11.9 Å². The van der Waals surface area contributed by atoms with Crippen molar-refractivity contribution in [2.45, 2.75) is 5.92 Å². The van der Waals surface area contributed by atoms with Crippen LogP contribution in [0, 0.1) is 11.3 Å². The lowest BCUT2D eigenvalue weighted by molar-refractivity contribution is -0.139. The number of nitrogens with zero attached hydrogens (tertiary/aromatic N) is 2. The highest BCUT2D eigenvalue weighted by molar-refractivity contribution is 6.30. The van der Waals surface area contributed by atoms with E-state index < -0.39 is 17.9 Å². The molecule has 1 heterocycles. The largest absolute Gasteiger partial charge is 0.466 e. The van der Waals surface area contributed by atoms with E-state index in [1.165, 1.54) is 19.1 Å². The molecular formula is C22H18ClN3O4. The molecule has 1 aliphatic heterocycles. The van der Waals surface area contributed by atoms with Crippen molar-refractivity contribution in [1.29, 1.82) is 5.26 Å². The van der Waals surface area contributed by atoms with Crippen LogP contribution in [-0.4, -0.2) is 26.2 Å². The lowest BCUT2D eigenvalue weighted by Gasteiger charge is -2.35. The van der Waals surface area contributed by atoms with Crippen molar-refractivity contribution < 1.29 is 19.1 Å². The molecule has 1 atom stereocenters. The predicted molar refractivity (Wildman–Crippen MR) is 111 cm³/mol. The fourth-order valence-corrected chi connectivity index (χ4v) is 3.49. The summed E-state index contributed by atoms with van der Waals surface area (Å²) in [5.74, 6) is -2.50. The maximum atomic E-state index is 12.9. The molecule has 8 heteroatoms. The van der Waals surface area contributed by atoms with Crippen molar-refractivity contribution in [2.24, 2.45) is 5.73 Å². The van der Waals surface area contributed by atoms with Crippen LogP contribution in [0.2, 0.25) is 5.02 Å². The van der Waals surface area contributed by atoms with Gasteiger partial charge in [-0.2, -0.15) is 5.26 Å². The number of ether oxygens (including phenoxy) is 2. The third kappa shape index (κ3) is 3.61. The standard InChI is InChI=1S/C22H18ClN3O4/c1-29-21(27)18-17(13-8-10-14(23)11-9-13)16(12-24)20(25)26(19(18)22(28)30-2)15-6-4-3-5-7-15/h3-11,17H,25H2,1-2H3/t17-/m0/s1. The fraction of sp³-hybridized carbons (Fsp3) is 0.136. The van der Waals surface area contributed by atoms with Gasteiger partial charge in [0, 0.05) is 10.7 Å². The summed E-state index contributed by atoms with van der Waals surface area (Å²) in [6, 6.07) is 17.3. The number of para-hydroxylation sites is 1. The number of hydrogen-bond donors (Lipinski definition) is 1. The number of methoxy groups -OCH3 is 2. The number of nitrogens with two attached hydrogens (primary N) is 1. The zero-order chi connectivity index (χ0) is 21.8. The number of carbonyl (C=O) groups excluding carboxylic acids is 2. The molecule has 0 saturated carbocycles. The molecular weight excluding hydrogens is 406 g/mol. The zero-order valence-electron chi connectivity index (χ0n) is 16.3. The highest BCUT2D eigenvalue weighted by Crippen LogP contribution is 2.43. The monoisotopic (exact) mass is 423 g/mol. The molecule has 30 heavy (non-hydrogen) atoms. The number of nitriles is 1. The Bertz CT molecular complexity index is 1090. The van der Waals surface area contributed by atoms with Crippen molar-refractivity contribution in [2.75, 3.05) is 19.1 Å². The normalized spacial score (nSPS) is 16.2. The van der Waals surface area contributed by atoms with E-state index in [0.717, 1.165) is 0 Å². The van der Waals surface area contributed by atoms with Crippen molar-refractivity contribution >= 4 is 29.2 Å².